The van der Waals surface area contributed by atoms with Crippen LogP contribution < -0.4 is 5.73 Å². The topological polar surface area (TPSA) is 38.9 Å². The number of rotatable bonds is 3. The predicted molar refractivity (Wildman–Crippen MR) is 99.0 cm³/mol. The summed E-state index contributed by atoms with van der Waals surface area (Å²) in [6.45, 7) is 4.01. The molecule has 2 heteroatoms. The highest BCUT2D eigenvalue weighted by Gasteiger charge is 2.09. The van der Waals surface area contributed by atoms with Gasteiger partial charge in [-0.25, -0.2) is 0 Å². The molecule has 2 aromatic carbocycles. The molecule has 0 amide bonds. The van der Waals surface area contributed by atoms with Crippen LogP contribution in [0, 0.1) is 6.92 Å². The van der Waals surface area contributed by atoms with Gasteiger partial charge in [0.1, 0.15) is 0 Å². The van der Waals surface area contributed by atoms with Crippen molar-refractivity contribution in [1.29, 1.82) is 0 Å². The zero-order valence-corrected chi connectivity index (χ0v) is 13.5. The third kappa shape index (κ3) is 3.16. The maximum absolute atomic E-state index is 6.06. The fourth-order valence-corrected chi connectivity index (χ4v) is 2.72. The van der Waals surface area contributed by atoms with Crippen LogP contribution in [0.5, 0.6) is 0 Å². The number of hydrogen-bond donors (Lipinski definition) is 1. The molecule has 0 saturated carbocycles. The number of nitrogens with zero attached hydrogens (tertiary/aromatic N) is 1. The predicted octanol–water partition coefficient (Wildman–Crippen LogP) is 5.34. The van der Waals surface area contributed by atoms with Crippen molar-refractivity contribution in [2.24, 2.45) is 0 Å². The Balaban J connectivity index is 2.16. The van der Waals surface area contributed by atoms with Crippen LogP contribution in [0.25, 0.3) is 28.5 Å². The molecule has 0 saturated heterocycles. The lowest BCUT2D eigenvalue weighted by atomic mass is 9.95. The fourth-order valence-electron chi connectivity index (χ4n) is 2.72. The first-order valence-corrected chi connectivity index (χ1v) is 7.74. The van der Waals surface area contributed by atoms with Crippen LogP contribution in [0.15, 0.2) is 66.7 Å². The van der Waals surface area contributed by atoms with E-state index in [9.17, 15) is 0 Å². The molecule has 0 aliphatic rings. The molecule has 1 aromatic heterocycles. The number of nitrogen functional groups attached to an aromatic ring is 1. The molecule has 0 unspecified atom stereocenters. The Morgan fingerprint density at radius 2 is 1.70 bits per heavy atom. The zero-order valence-electron chi connectivity index (χ0n) is 13.5. The van der Waals surface area contributed by atoms with Gasteiger partial charge in [-0.05, 0) is 54.8 Å². The molecule has 0 aliphatic heterocycles. The van der Waals surface area contributed by atoms with E-state index in [1.54, 1.807) is 0 Å². The molecule has 0 bridgehead atoms. The molecule has 23 heavy (non-hydrogen) atoms. The van der Waals surface area contributed by atoms with Gasteiger partial charge >= 0.3 is 0 Å². The minimum Gasteiger partial charge on any atom is -0.398 e. The van der Waals surface area contributed by atoms with Crippen LogP contribution >= 0.6 is 0 Å². The number of aryl methyl sites for hydroxylation is 1. The Morgan fingerprint density at radius 1 is 0.913 bits per heavy atom. The Morgan fingerprint density at radius 3 is 2.43 bits per heavy atom. The Hall–Kier alpha value is -2.87. The number of benzene rings is 2. The number of aromatic nitrogens is 1. The molecule has 0 radical (unpaired) electrons. The lowest BCUT2D eigenvalue weighted by Gasteiger charge is -2.11. The van der Waals surface area contributed by atoms with E-state index in [-0.39, 0.29) is 0 Å². The lowest BCUT2D eigenvalue weighted by molar-refractivity contribution is 1.21. The average molecular weight is 300 g/mol. The second-order valence-corrected chi connectivity index (χ2v) is 5.55. The number of pyridine rings is 1. The van der Waals surface area contributed by atoms with E-state index in [0.29, 0.717) is 0 Å². The van der Waals surface area contributed by atoms with Gasteiger partial charge < -0.3 is 5.73 Å². The summed E-state index contributed by atoms with van der Waals surface area (Å²) >= 11 is 0. The SMILES string of the molecule is C/C=C\c1cc(-c2ccccc2-c2cccc(C)n2)ccc1N. The number of hydrogen-bond acceptors (Lipinski definition) is 2. The van der Waals surface area contributed by atoms with Gasteiger partial charge in [-0.1, -0.05) is 48.6 Å². The second kappa shape index (κ2) is 6.49. The molecule has 3 rings (SSSR count). The van der Waals surface area contributed by atoms with Gasteiger partial charge in [0.25, 0.3) is 0 Å². The summed E-state index contributed by atoms with van der Waals surface area (Å²) < 4.78 is 0. The highest BCUT2D eigenvalue weighted by atomic mass is 14.7. The Bertz CT molecular complexity index is 863. The van der Waals surface area contributed by atoms with E-state index >= 15 is 0 Å². The van der Waals surface area contributed by atoms with E-state index in [4.69, 9.17) is 5.73 Å². The quantitative estimate of drug-likeness (QED) is 0.663. The van der Waals surface area contributed by atoms with Crippen LogP contribution in [0.3, 0.4) is 0 Å². The van der Waals surface area contributed by atoms with Gasteiger partial charge in [0, 0.05) is 16.9 Å². The van der Waals surface area contributed by atoms with Gasteiger partial charge in [-0.15, -0.1) is 0 Å². The first kappa shape index (κ1) is 15.0. The molecule has 0 aliphatic carbocycles. The summed E-state index contributed by atoms with van der Waals surface area (Å²) in [5.41, 5.74) is 13.3. The van der Waals surface area contributed by atoms with E-state index in [1.807, 2.05) is 50.3 Å². The molecule has 0 spiro atoms. The van der Waals surface area contributed by atoms with E-state index in [2.05, 4.69) is 41.4 Å². The molecule has 3 aromatic rings. The number of allylic oxidation sites excluding steroid dienone is 1. The summed E-state index contributed by atoms with van der Waals surface area (Å²) in [7, 11) is 0. The minimum absolute atomic E-state index is 0.790. The molecule has 2 nitrogen and oxygen atoms in total. The third-order valence-electron chi connectivity index (χ3n) is 3.84. The van der Waals surface area contributed by atoms with Crippen LogP contribution in [-0.2, 0) is 0 Å². The van der Waals surface area contributed by atoms with Crippen molar-refractivity contribution in [2.45, 2.75) is 13.8 Å². The lowest BCUT2D eigenvalue weighted by Crippen LogP contribution is -1.92. The van der Waals surface area contributed by atoms with Crippen molar-refractivity contribution in [3.63, 3.8) is 0 Å². The average Bonchev–Trinajstić information content (AvgIpc) is 2.57. The van der Waals surface area contributed by atoms with Crippen molar-refractivity contribution in [2.75, 3.05) is 5.73 Å². The van der Waals surface area contributed by atoms with Gasteiger partial charge in [0.05, 0.1) is 5.69 Å². The molecule has 2 N–H and O–H groups in total. The Kier molecular flexibility index (Phi) is 4.24. The van der Waals surface area contributed by atoms with Gasteiger partial charge in [-0.2, -0.15) is 0 Å². The Labute approximate surface area is 137 Å². The number of anilines is 1. The molecule has 0 fully saturated rings. The number of nitrogens with two attached hydrogens (primary N) is 1. The molecule has 0 atom stereocenters. The third-order valence-corrected chi connectivity index (χ3v) is 3.84. The summed E-state index contributed by atoms with van der Waals surface area (Å²) in [6.07, 6.45) is 4.04. The minimum atomic E-state index is 0.790. The van der Waals surface area contributed by atoms with Gasteiger partial charge in [0.15, 0.2) is 0 Å². The van der Waals surface area contributed by atoms with Gasteiger partial charge in [0.2, 0.25) is 0 Å². The highest BCUT2D eigenvalue weighted by molar-refractivity contribution is 5.84. The van der Waals surface area contributed by atoms with E-state index < -0.39 is 0 Å². The smallest absolute Gasteiger partial charge is 0.0711 e. The highest BCUT2D eigenvalue weighted by Crippen LogP contribution is 2.32. The first-order chi connectivity index (χ1) is 11.2. The summed E-state index contributed by atoms with van der Waals surface area (Å²) in [5.74, 6) is 0. The van der Waals surface area contributed by atoms with Crippen molar-refractivity contribution in [3.8, 4) is 22.4 Å². The summed E-state index contributed by atoms with van der Waals surface area (Å²) in [6, 6.07) is 20.6. The van der Waals surface area contributed by atoms with Crippen molar-refractivity contribution < 1.29 is 0 Å². The monoisotopic (exact) mass is 300 g/mol. The molecular weight excluding hydrogens is 280 g/mol. The van der Waals surface area contributed by atoms with Crippen LogP contribution in [0.2, 0.25) is 0 Å². The van der Waals surface area contributed by atoms with Gasteiger partial charge in [-0.3, -0.25) is 4.98 Å². The van der Waals surface area contributed by atoms with E-state index in [1.165, 1.54) is 0 Å². The van der Waals surface area contributed by atoms with Crippen LogP contribution in [0.1, 0.15) is 18.2 Å². The van der Waals surface area contributed by atoms with E-state index in [0.717, 1.165) is 39.3 Å². The van der Waals surface area contributed by atoms with Crippen LogP contribution in [0.4, 0.5) is 5.69 Å². The second-order valence-electron chi connectivity index (χ2n) is 5.55. The molecule has 114 valence electrons. The summed E-state index contributed by atoms with van der Waals surface area (Å²) in [5, 5.41) is 0. The fraction of sp³-hybridized carbons (Fsp3) is 0.0952. The maximum atomic E-state index is 6.06. The summed E-state index contributed by atoms with van der Waals surface area (Å²) in [4.78, 5) is 4.67. The normalized spacial score (nSPS) is 11.0. The zero-order chi connectivity index (χ0) is 16.2. The van der Waals surface area contributed by atoms with Crippen LogP contribution in [-0.4, -0.2) is 4.98 Å². The standard InChI is InChI=1S/C21H20N2/c1-3-7-17-14-16(12-13-20(17)22)18-9-4-5-10-19(18)21-11-6-8-15(2)23-21/h3-14H,22H2,1-2H3/b7-3-. The maximum Gasteiger partial charge on any atom is 0.0711 e. The van der Waals surface area contributed by atoms with Crippen molar-refractivity contribution in [1.82, 2.24) is 4.98 Å². The largest absolute Gasteiger partial charge is 0.398 e. The first-order valence-electron chi connectivity index (χ1n) is 7.74. The van der Waals surface area contributed by atoms with Crippen molar-refractivity contribution in [3.05, 3.63) is 78.0 Å². The molecular formula is C21H20N2. The molecule has 1 heterocycles. The van der Waals surface area contributed by atoms with Crippen molar-refractivity contribution >= 4 is 11.8 Å².